The van der Waals surface area contributed by atoms with Gasteiger partial charge >= 0.3 is 5.97 Å². The van der Waals surface area contributed by atoms with Crippen LogP contribution in [0.2, 0.25) is 0 Å². The van der Waals surface area contributed by atoms with E-state index < -0.39 is 29.8 Å². The highest BCUT2D eigenvalue weighted by Crippen LogP contribution is 2.47. The van der Waals surface area contributed by atoms with E-state index in [1.165, 1.54) is 0 Å². The lowest BCUT2D eigenvalue weighted by molar-refractivity contribution is -0.156. The highest BCUT2D eigenvalue weighted by atomic mass is 16.5. The fourth-order valence-electron chi connectivity index (χ4n) is 5.67. The number of nitrogens with zero attached hydrogens (tertiary/aromatic N) is 1. The summed E-state index contributed by atoms with van der Waals surface area (Å²) in [5.41, 5.74) is 2.63. The van der Waals surface area contributed by atoms with Gasteiger partial charge in [0.05, 0.1) is 31.1 Å². The van der Waals surface area contributed by atoms with Crippen LogP contribution in [0.1, 0.15) is 51.7 Å². The molecule has 0 bridgehead atoms. The molecule has 2 aliphatic rings. The Morgan fingerprint density at radius 3 is 2.49 bits per heavy atom. The van der Waals surface area contributed by atoms with Gasteiger partial charge in [0.25, 0.3) is 0 Å². The molecule has 0 aromatic heterocycles. The lowest BCUT2D eigenvalue weighted by Crippen LogP contribution is -2.52. The molecule has 2 amide bonds. The van der Waals surface area contributed by atoms with E-state index in [1.807, 2.05) is 65.0 Å². The van der Waals surface area contributed by atoms with E-state index in [-0.39, 0.29) is 42.8 Å². The van der Waals surface area contributed by atoms with Gasteiger partial charge in [0.2, 0.25) is 11.8 Å². The van der Waals surface area contributed by atoms with E-state index in [0.717, 1.165) is 24.0 Å². The SMILES string of the molecule is CCC[C@@H]1C=C[C@H]2[C@H](C(=O)N([C@@H](CO)C(C)C)[C@@H]2C(=O)Nc2cc(C)ccc2C)[C@@H]1C(=O)OCC. The number of hydrogen-bond acceptors (Lipinski definition) is 5. The first kappa shape index (κ1) is 26.9. The predicted molar refractivity (Wildman–Crippen MR) is 136 cm³/mol. The monoisotopic (exact) mass is 484 g/mol. The molecule has 7 heteroatoms. The molecule has 3 rings (SSSR count). The van der Waals surface area contributed by atoms with Gasteiger partial charge in [0.15, 0.2) is 0 Å². The summed E-state index contributed by atoms with van der Waals surface area (Å²) in [5, 5.41) is 13.3. The Labute approximate surface area is 208 Å². The molecule has 1 aromatic rings. The number of hydrogen-bond donors (Lipinski definition) is 2. The predicted octanol–water partition coefficient (Wildman–Crippen LogP) is 3.87. The number of amides is 2. The van der Waals surface area contributed by atoms with Crippen molar-refractivity contribution in [1.82, 2.24) is 4.90 Å². The van der Waals surface area contributed by atoms with Gasteiger partial charge < -0.3 is 20.1 Å². The fourth-order valence-corrected chi connectivity index (χ4v) is 5.67. The number of allylic oxidation sites excluding steroid dienone is 1. The molecule has 1 heterocycles. The smallest absolute Gasteiger partial charge is 0.310 e. The van der Waals surface area contributed by atoms with E-state index in [0.29, 0.717) is 5.69 Å². The van der Waals surface area contributed by atoms with Crippen LogP contribution in [0.15, 0.2) is 30.4 Å². The third kappa shape index (κ3) is 5.30. The summed E-state index contributed by atoms with van der Waals surface area (Å²) in [5.74, 6) is -2.98. The van der Waals surface area contributed by atoms with Crippen LogP contribution in [0.4, 0.5) is 5.69 Å². The average Bonchev–Trinajstić information content (AvgIpc) is 3.09. The summed E-state index contributed by atoms with van der Waals surface area (Å²) in [6.45, 7) is 11.5. The molecule has 1 fully saturated rings. The number of aliphatic hydroxyl groups excluding tert-OH is 1. The van der Waals surface area contributed by atoms with Crippen LogP contribution in [0, 0.1) is 43.4 Å². The maximum atomic E-state index is 14.0. The van der Waals surface area contributed by atoms with Crippen molar-refractivity contribution in [2.45, 2.75) is 66.5 Å². The molecular formula is C28H40N2O5. The number of anilines is 1. The zero-order chi connectivity index (χ0) is 25.9. The van der Waals surface area contributed by atoms with Crippen LogP contribution in [-0.4, -0.2) is 53.1 Å². The minimum Gasteiger partial charge on any atom is -0.466 e. The van der Waals surface area contributed by atoms with Crippen LogP contribution in [0.5, 0.6) is 0 Å². The molecule has 0 radical (unpaired) electrons. The van der Waals surface area contributed by atoms with Crippen molar-refractivity contribution in [3.05, 3.63) is 41.5 Å². The molecule has 1 aliphatic heterocycles. The molecule has 0 saturated carbocycles. The van der Waals surface area contributed by atoms with Crippen LogP contribution in [0.25, 0.3) is 0 Å². The van der Waals surface area contributed by atoms with Crippen LogP contribution < -0.4 is 5.32 Å². The summed E-state index contributed by atoms with van der Waals surface area (Å²) in [7, 11) is 0. The number of carbonyl (C=O) groups excluding carboxylic acids is 3. The lowest BCUT2D eigenvalue weighted by atomic mass is 9.69. The lowest BCUT2D eigenvalue weighted by Gasteiger charge is -2.35. The Balaban J connectivity index is 2.08. The van der Waals surface area contributed by atoms with E-state index in [4.69, 9.17) is 4.74 Å². The number of esters is 1. The van der Waals surface area contributed by atoms with Crippen molar-refractivity contribution >= 4 is 23.5 Å². The standard InChI is InChI=1S/C28H40N2O5/c1-7-9-19-12-13-20-24(23(19)28(34)35-8-2)27(33)30(22(15-31)16(3)4)25(20)26(32)29-21-14-17(5)10-11-18(21)6/h10-14,16,19-20,22-25,31H,7-9,15H2,1-6H3,(H,29,32)/t19-,20+,22+,23-,24+,25+/m1/s1. The molecule has 0 unspecified atom stereocenters. The first-order valence-electron chi connectivity index (χ1n) is 12.8. The normalized spacial score (nSPS) is 26.6. The molecule has 1 saturated heterocycles. The summed E-state index contributed by atoms with van der Waals surface area (Å²) >= 11 is 0. The van der Waals surface area contributed by atoms with Gasteiger partial charge in [-0.1, -0.05) is 51.5 Å². The second kappa shape index (κ2) is 11.4. The Morgan fingerprint density at radius 2 is 1.89 bits per heavy atom. The quantitative estimate of drug-likeness (QED) is 0.410. The van der Waals surface area contributed by atoms with Gasteiger partial charge in [0.1, 0.15) is 6.04 Å². The number of fused-ring (bicyclic) bond motifs is 1. The largest absolute Gasteiger partial charge is 0.466 e. The zero-order valence-corrected chi connectivity index (χ0v) is 21.8. The van der Waals surface area contributed by atoms with Gasteiger partial charge in [-0.25, -0.2) is 0 Å². The maximum Gasteiger partial charge on any atom is 0.310 e. The first-order valence-corrected chi connectivity index (χ1v) is 12.8. The van der Waals surface area contributed by atoms with E-state index >= 15 is 0 Å². The minimum absolute atomic E-state index is 0.0726. The molecule has 192 valence electrons. The van der Waals surface area contributed by atoms with Crippen molar-refractivity contribution in [3.63, 3.8) is 0 Å². The zero-order valence-electron chi connectivity index (χ0n) is 21.8. The van der Waals surface area contributed by atoms with E-state index in [1.54, 1.807) is 11.8 Å². The Morgan fingerprint density at radius 1 is 1.17 bits per heavy atom. The number of aliphatic hydroxyl groups is 1. The summed E-state index contributed by atoms with van der Waals surface area (Å²) in [4.78, 5) is 42.5. The van der Waals surface area contributed by atoms with Crippen molar-refractivity contribution in [1.29, 1.82) is 0 Å². The molecule has 35 heavy (non-hydrogen) atoms. The number of likely N-dealkylation sites (tertiary alicyclic amines) is 1. The maximum absolute atomic E-state index is 14.0. The number of rotatable bonds is 9. The minimum atomic E-state index is -0.831. The van der Waals surface area contributed by atoms with Crippen molar-refractivity contribution in [2.24, 2.45) is 29.6 Å². The molecule has 0 spiro atoms. The number of aryl methyl sites for hydroxylation is 2. The number of benzene rings is 1. The van der Waals surface area contributed by atoms with Crippen LogP contribution in [-0.2, 0) is 19.1 Å². The summed E-state index contributed by atoms with van der Waals surface area (Å²) in [6, 6.07) is 4.47. The third-order valence-electron chi connectivity index (χ3n) is 7.46. The van der Waals surface area contributed by atoms with Crippen molar-refractivity contribution in [3.8, 4) is 0 Å². The number of ether oxygens (including phenoxy) is 1. The Bertz CT molecular complexity index is 972. The molecule has 1 aromatic carbocycles. The van der Waals surface area contributed by atoms with Crippen molar-refractivity contribution in [2.75, 3.05) is 18.5 Å². The Kier molecular flexibility index (Phi) is 8.75. The van der Waals surface area contributed by atoms with Gasteiger partial charge in [-0.05, 0) is 56.2 Å². The Hall–Kier alpha value is -2.67. The first-order chi connectivity index (χ1) is 16.7. The van der Waals surface area contributed by atoms with Crippen LogP contribution >= 0.6 is 0 Å². The highest BCUT2D eigenvalue weighted by molar-refractivity contribution is 6.02. The van der Waals surface area contributed by atoms with Crippen LogP contribution in [0.3, 0.4) is 0 Å². The molecule has 1 aliphatic carbocycles. The summed E-state index contributed by atoms with van der Waals surface area (Å²) in [6.07, 6.45) is 5.55. The van der Waals surface area contributed by atoms with E-state index in [2.05, 4.69) is 5.32 Å². The fraction of sp³-hybridized carbons (Fsp3) is 0.607. The molecule has 2 N–H and O–H groups in total. The molecule has 6 atom stereocenters. The van der Waals surface area contributed by atoms with Gasteiger partial charge in [-0.3, -0.25) is 14.4 Å². The highest BCUT2D eigenvalue weighted by Gasteiger charge is 2.59. The second-order valence-corrected chi connectivity index (χ2v) is 10.2. The van der Waals surface area contributed by atoms with Gasteiger partial charge in [-0.15, -0.1) is 0 Å². The number of carbonyl (C=O) groups is 3. The summed E-state index contributed by atoms with van der Waals surface area (Å²) < 4.78 is 5.41. The third-order valence-corrected chi connectivity index (χ3v) is 7.46. The second-order valence-electron chi connectivity index (χ2n) is 10.2. The van der Waals surface area contributed by atoms with E-state index in [9.17, 15) is 19.5 Å². The topological polar surface area (TPSA) is 95.9 Å². The molecular weight excluding hydrogens is 444 g/mol. The molecule has 7 nitrogen and oxygen atoms in total. The average molecular weight is 485 g/mol. The van der Waals surface area contributed by atoms with Gasteiger partial charge in [-0.2, -0.15) is 0 Å². The van der Waals surface area contributed by atoms with Gasteiger partial charge in [0, 0.05) is 11.6 Å². The van der Waals surface area contributed by atoms with Crippen molar-refractivity contribution < 1.29 is 24.2 Å². The number of nitrogens with one attached hydrogen (secondary N) is 1.